The van der Waals surface area contributed by atoms with Crippen molar-refractivity contribution in [2.45, 2.75) is 76.5 Å². The lowest BCUT2D eigenvalue weighted by molar-refractivity contribution is 0.393. The number of hydrogen-bond acceptors (Lipinski definition) is 0. The maximum atomic E-state index is 14.6. The Morgan fingerprint density at radius 3 is 2.00 bits per heavy atom. The maximum Gasteiger partial charge on any atom is 0.129 e. The fraction of sp³-hybridized carbons (Fsp3) is 0.375. The van der Waals surface area contributed by atoms with E-state index in [1.165, 1.54) is 16.7 Å². The molecule has 0 aliphatic heterocycles. The highest BCUT2D eigenvalue weighted by Gasteiger charge is 2.25. The monoisotopic (exact) mass is 458 g/mol. The summed E-state index contributed by atoms with van der Waals surface area (Å²) in [5.41, 5.74) is 5.19. The summed E-state index contributed by atoms with van der Waals surface area (Å²) in [5, 5.41) is 0. The van der Waals surface area contributed by atoms with Gasteiger partial charge in [-0.25, -0.2) is 8.78 Å². The Kier molecular flexibility index (Phi) is 8.32. The molecule has 0 unspecified atom stereocenters. The zero-order valence-corrected chi connectivity index (χ0v) is 20.4. The molecule has 1 atom stereocenters. The van der Waals surface area contributed by atoms with Gasteiger partial charge in [0.1, 0.15) is 11.6 Å². The Hall–Kier alpha value is -2.74. The molecule has 3 aromatic carbocycles. The minimum Gasteiger partial charge on any atom is -0.207 e. The van der Waals surface area contributed by atoms with Crippen LogP contribution in [0.4, 0.5) is 8.78 Å². The number of hydrogen-bond donors (Lipinski definition) is 0. The van der Waals surface area contributed by atoms with Crippen molar-refractivity contribution in [2.75, 3.05) is 0 Å². The first-order valence-corrected chi connectivity index (χ1v) is 12.8. The van der Waals surface area contributed by atoms with Crippen LogP contribution >= 0.6 is 0 Å². The molecule has 1 aliphatic carbocycles. The van der Waals surface area contributed by atoms with Gasteiger partial charge in [-0.05, 0) is 104 Å². The summed E-state index contributed by atoms with van der Waals surface area (Å²) in [6.45, 7) is 4.21. The molecule has 0 amide bonds. The molecule has 4 rings (SSSR count). The standard InChI is InChI=1S/C32H36F2/c1-3-4-6-11-30-31(33)21-29(22-32(30)34)28-18-16-27(17-19-28)26-14-12-24(13-15-26)20-23(2)25-9-7-5-8-10-25/h3-5,7-10,12-15,21-23,27-28H,6,11,16-20H2,1-2H3/t23-,27?,28?/m0/s1. The van der Waals surface area contributed by atoms with Crippen LogP contribution in [0.15, 0.2) is 78.9 Å². The SMILES string of the molecule is CC=CCCc1c(F)cc(C2CCC(c3ccc(C[C@H](C)c4ccccc4)cc3)CC2)cc1F. The molecule has 0 radical (unpaired) electrons. The lowest BCUT2D eigenvalue weighted by atomic mass is 9.76. The van der Waals surface area contributed by atoms with E-state index in [9.17, 15) is 8.78 Å². The van der Waals surface area contributed by atoms with E-state index in [-0.39, 0.29) is 23.1 Å². The van der Waals surface area contributed by atoms with Crippen LogP contribution < -0.4 is 0 Å². The van der Waals surface area contributed by atoms with E-state index >= 15 is 0 Å². The smallest absolute Gasteiger partial charge is 0.129 e. The van der Waals surface area contributed by atoms with Gasteiger partial charge in [0.2, 0.25) is 0 Å². The molecule has 0 nitrogen and oxygen atoms in total. The zero-order chi connectivity index (χ0) is 23.9. The predicted octanol–water partition coefficient (Wildman–Crippen LogP) is 9.26. The average molecular weight is 459 g/mol. The topological polar surface area (TPSA) is 0 Å². The van der Waals surface area contributed by atoms with E-state index in [0.29, 0.717) is 24.7 Å². The van der Waals surface area contributed by atoms with Gasteiger partial charge in [-0.1, -0.05) is 73.7 Å². The van der Waals surface area contributed by atoms with Crippen LogP contribution in [-0.2, 0) is 12.8 Å². The molecule has 2 heteroatoms. The molecule has 3 aromatic rings. The average Bonchev–Trinajstić information content (AvgIpc) is 2.87. The molecule has 1 aliphatic rings. The van der Waals surface area contributed by atoms with Crippen LogP contribution in [0.3, 0.4) is 0 Å². The van der Waals surface area contributed by atoms with Crippen LogP contribution in [-0.4, -0.2) is 0 Å². The summed E-state index contributed by atoms with van der Waals surface area (Å²) in [5.74, 6) is 0.504. The van der Waals surface area contributed by atoms with Gasteiger partial charge in [0, 0.05) is 5.56 Å². The van der Waals surface area contributed by atoms with Gasteiger partial charge in [-0.15, -0.1) is 0 Å². The predicted molar refractivity (Wildman–Crippen MR) is 138 cm³/mol. The Bertz CT molecular complexity index is 1050. The van der Waals surface area contributed by atoms with Gasteiger partial charge in [-0.3, -0.25) is 0 Å². The molecule has 0 heterocycles. The lowest BCUT2D eigenvalue weighted by Crippen LogP contribution is -2.13. The molecule has 1 fully saturated rings. The van der Waals surface area contributed by atoms with Crippen molar-refractivity contribution in [3.05, 3.63) is 118 Å². The Morgan fingerprint density at radius 1 is 0.824 bits per heavy atom. The third-order valence-electron chi connectivity index (χ3n) is 7.52. The van der Waals surface area contributed by atoms with Gasteiger partial charge in [0.15, 0.2) is 0 Å². The van der Waals surface area contributed by atoms with Gasteiger partial charge in [0.25, 0.3) is 0 Å². The summed E-state index contributed by atoms with van der Waals surface area (Å²) >= 11 is 0. The van der Waals surface area contributed by atoms with Gasteiger partial charge >= 0.3 is 0 Å². The van der Waals surface area contributed by atoms with Gasteiger partial charge in [0.05, 0.1) is 0 Å². The van der Waals surface area contributed by atoms with Crippen molar-refractivity contribution in [1.29, 1.82) is 0 Å². The maximum absolute atomic E-state index is 14.6. The largest absolute Gasteiger partial charge is 0.207 e. The normalized spacial score (nSPS) is 19.4. The third kappa shape index (κ3) is 6.03. The van der Waals surface area contributed by atoms with Crippen LogP contribution in [0, 0.1) is 11.6 Å². The number of benzene rings is 3. The quantitative estimate of drug-likeness (QED) is 0.295. The molecule has 0 N–H and O–H groups in total. The molecule has 0 bridgehead atoms. The fourth-order valence-corrected chi connectivity index (χ4v) is 5.43. The van der Waals surface area contributed by atoms with E-state index in [4.69, 9.17) is 0 Å². The number of rotatable bonds is 8. The van der Waals surface area contributed by atoms with Crippen LogP contribution in [0.2, 0.25) is 0 Å². The summed E-state index contributed by atoms with van der Waals surface area (Å²) < 4.78 is 29.2. The highest BCUT2D eigenvalue weighted by molar-refractivity contribution is 5.31. The Labute approximate surface area is 203 Å². The second-order valence-corrected chi connectivity index (χ2v) is 9.88. The number of halogens is 2. The van der Waals surface area contributed by atoms with Gasteiger partial charge in [-0.2, -0.15) is 0 Å². The zero-order valence-electron chi connectivity index (χ0n) is 20.4. The van der Waals surface area contributed by atoms with Crippen LogP contribution in [0.1, 0.15) is 91.5 Å². The Balaban J connectivity index is 1.34. The summed E-state index contributed by atoms with van der Waals surface area (Å²) in [4.78, 5) is 0. The summed E-state index contributed by atoms with van der Waals surface area (Å²) in [6.07, 6.45) is 10.1. The van der Waals surface area contributed by atoms with Crippen molar-refractivity contribution in [3.8, 4) is 0 Å². The third-order valence-corrected chi connectivity index (χ3v) is 7.52. The molecular weight excluding hydrogens is 422 g/mol. The second kappa shape index (κ2) is 11.6. The molecule has 34 heavy (non-hydrogen) atoms. The molecule has 0 spiro atoms. The van der Waals surface area contributed by atoms with E-state index in [1.807, 2.05) is 19.1 Å². The highest BCUT2D eigenvalue weighted by Crippen LogP contribution is 2.41. The molecule has 1 saturated carbocycles. The first kappa shape index (κ1) is 24.4. The lowest BCUT2D eigenvalue weighted by Gasteiger charge is -2.29. The van der Waals surface area contributed by atoms with Crippen LogP contribution in [0.5, 0.6) is 0 Å². The van der Waals surface area contributed by atoms with Crippen LogP contribution in [0.25, 0.3) is 0 Å². The van der Waals surface area contributed by atoms with Crippen molar-refractivity contribution in [2.24, 2.45) is 0 Å². The minimum atomic E-state index is -0.387. The summed E-state index contributed by atoms with van der Waals surface area (Å²) in [7, 11) is 0. The van der Waals surface area contributed by atoms with Crippen molar-refractivity contribution >= 4 is 0 Å². The highest BCUT2D eigenvalue weighted by atomic mass is 19.1. The fourth-order valence-electron chi connectivity index (χ4n) is 5.43. The first-order chi connectivity index (χ1) is 16.5. The molecule has 178 valence electrons. The number of allylic oxidation sites excluding steroid dienone is 2. The Morgan fingerprint density at radius 2 is 1.41 bits per heavy atom. The molecule has 0 aromatic heterocycles. The van der Waals surface area contributed by atoms with Crippen molar-refractivity contribution in [3.63, 3.8) is 0 Å². The van der Waals surface area contributed by atoms with E-state index < -0.39 is 0 Å². The minimum absolute atomic E-state index is 0.220. The first-order valence-electron chi connectivity index (χ1n) is 12.8. The second-order valence-electron chi connectivity index (χ2n) is 9.88. The van der Waals surface area contributed by atoms with Crippen molar-refractivity contribution in [1.82, 2.24) is 0 Å². The van der Waals surface area contributed by atoms with E-state index in [1.54, 1.807) is 12.1 Å². The summed E-state index contributed by atoms with van der Waals surface area (Å²) in [6, 6.07) is 23.0. The van der Waals surface area contributed by atoms with Crippen molar-refractivity contribution < 1.29 is 8.78 Å². The molecular formula is C32H36F2. The van der Waals surface area contributed by atoms with E-state index in [0.717, 1.165) is 37.7 Å². The van der Waals surface area contributed by atoms with E-state index in [2.05, 4.69) is 61.5 Å². The molecule has 0 saturated heterocycles. The van der Waals surface area contributed by atoms with Gasteiger partial charge < -0.3 is 0 Å².